The Hall–Kier alpha value is -2.30. The molecule has 1 aromatic carbocycles. The highest BCUT2D eigenvalue weighted by atomic mass is 16.3. The molecule has 5 heteroatoms. The molecule has 0 saturated carbocycles. The lowest BCUT2D eigenvalue weighted by molar-refractivity contribution is 0.476. The van der Waals surface area contributed by atoms with Gasteiger partial charge in [0.2, 0.25) is 0 Å². The van der Waals surface area contributed by atoms with Crippen molar-refractivity contribution in [2.45, 2.75) is 12.8 Å². The van der Waals surface area contributed by atoms with Crippen molar-refractivity contribution >= 4 is 22.4 Å². The van der Waals surface area contributed by atoms with Crippen LogP contribution in [0.2, 0.25) is 0 Å². The van der Waals surface area contributed by atoms with Crippen molar-refractivity contribution in [3.8, 4) is 5.75 Å². The number of hydrogen-bond donors (Lipinski definition) is 3. The van der Waals surface area contributed by atoms with Gasteiger partial charge in [0.15, 0.2) is 0 Å². The summed E-state index contributed by atoms with van der Waals surface area (Å²) in [5.41, 5.74) is 5.58. The fourth-order valence-electron chi connectivity index (χ4n) is 2.80. The highest BCUT2D eigenvalue weighted by molar-refractivity contribution is 5.93. The zero-order valence-corrected chi connectivity index (χ0v) is 11.2. The first kappa shape index (κ1) is 12.7. The zero-order valence-electron chi connectivity index (χ0n) is 11.2. The number of aromatic nitrogens is 1. The minimum absolute atomic E-state index is 0.189. The molecular weight excluding hydrogens is 252 g/mol. The van der Waals surface area contributed by atoms with Crippen LogP contribution in [-0.2, 0) is 0 Å². The summed E-state index contributed by atoms with van der Waals surface area (Å²) in [7, 11) is 0. The number of nitrogens with zero attached hydrogens (tertiary/aromatic N) is 2. The Kier molecular flexibility index (Phi) is 3.18. The molecule has 3 rings (SSSR count). The first-order valence-corrected chi connectivity index (χ1v) is 6.82. The maximum Gasteiger partial charge on any atom is 0.136 e. The molecule has 20 heavy (non-hydrogen) atoms. The number of phenols is 1. The lowest BCUT2D eigenvalue weighted by atomic mass is 9.95. The van der Waals surface area contributed by atoms with Gasteiger partial charge in [-0.05, 0) is 36.4 Å². The van der Waals surface area contributed by atoms with E-state index >= 15 is 0 Å². The minimum atomic E-state index is 0.189. The van der Waals surface area contributed by atoms with E-state index in [2.05, 4.69) is 9.88 Å². The Labute approximate surface area is 117 Å². The second-order valence-corrected chi connectivity index (χ2v) is 5.26. The molecular formula is C15H18N4O. The molecule has 1 aliphatic heterocycles. The molecule has 0 bridgehead atoms. The van der Waals surface area contributed by atoms with Crippen molar-refractivity contribution < 1.29 is 5.11 Å². The lowest BCUT2D eigenvalue weighted by Crippen LogP contribution is -2.38. The quantitative estimate of drug-likeness (QED) is 0.576. The lowest BCUT2D eigenvalue weighted by Gasteiger charge is -2.32. The number of nitrogens with two attached hydrogens (primary N) is 1. The van der Waals surface area contributed by atoms with Crippen LogP contribution in [0.5, 0.6) is 5.75 Å². The van der Waals surface area contributed by atoms with Crippen molar-refractivity contribution in [3.05, 3.63) is 30.5 Å². The van der Waals surface area contributed by atoms with Crippen molar-refractivity contribution in [2.75, 3.05) is 18.0 Å². The van der Waals surface area contributed by atoms with Crippen LogP contribution in [0, 0.1) is 11.3 Å². The van der Waals surface area contributed by atoms with Gasteiger partial charge in [0.1, 0.15) is 11.6 Å². The Morgan fingerprint density at radius 3 is 2.75 bits per heavy atom. The van der Waals surface area contributed by atoms with Gasteiger partial charge in [-0.2, -0.15) is 0 Å². The van der Waals surface area contributed by atoms with Gasteiger partial charge in [-0.15, -0.1) is 0 Å². The van der Waals surface area contributed by atoms with Crippen LogP contribution in [0.3, 0.4) is 0 Å². The molecule has 1 aliphatic rings. The summed E-state index contributed by atoms with van der Waals surface area (Å²) < 4.78 is 0. The number of phenolic OH excluding ortho intramolecular Hbond substituents is 1. The van der Waals surface area contributed by atoms with Gasteiger partial charge in [0.05, 0.1) is 5.84 Å². The van der Waals surface area contributed by atoms with E-state index in [-0.39, 0.29) is 17.5 Å². The molecule has 1 fully saturated rings. The van der Waals surface area contributed by atoms with Crippen molar-refractivity contribution in [1.82, 2.24) is 4.98 Å². The van der Waals surface area contributed by atoms with E-state index in [0.29, 0.717) is 0 Å². The van der Waals surface area contributed by atoms with E-state index in [9.17, 15) is 5.11 Å². The summed E-state index contributed by atoms with van der Waals surface area (Å²) in [6, 6.07) is 7.29. The van der Waals surface area contributed by atoms with E-state index in [1.165, 1.54) is 0 Å². The maximum absolute atomic E-state index is 9.68. The van der Waals surface area contributed by atoms with Crippen molar-refractivity contribution in [1.29, 1.82) is 5.41 Å². The van der Waals surface area contributed by atoms with Gasteiger partial charge in [0, 0.05) is 30.6 Å². The summed E-state index contributed by atoms with van der Waals surface area (Å²) >= 11 is 0. The molecule has 0 radical (unpaired) electrons. The molecule has 104 valence electrons. The highest BCUT2D eigenvalue weighted by Crippen LogP contribution is 2.30. The minimum Gasteiger partial charge on any atom is -0.508 e. The Morgan fingerprint density at radius 1 is 1.30 bits per heavy atom. The second kappa shape index (κ2) is 5.00. The van der Waals surface area contributed by atoms with E-state index in [0.717, 1.165) is 42.5 Å². The average molecular weight is 270 g/mol. The molecule has 4 N–H and O–H groups in total. The third-order valence-corrected chi connectivity index (χ3v) is 3.96. The predicted octanol–water partition coefficient (Wildman–Crippen LogP) is 2.09. The number of hydrogen-bond acceptors (Lipinski definition) is 4. The van der Waals surface area contributed by atoms with Crippen LogP contribution in [0.4, 0.5) is 5.82 Å². The molecule has 1 saturated heterocycles. The maximum atomic E-state index is 9.68. The molecule has 0 atom stereocenters. The second-order valence-electron chi connectivity index (χ2n) is 5.26. The van der Waals surface area contributed by atoms with Gasteiger partial charge < -0.3 is 15.7 Å². The van der Waals surface area contributed by atoms with Crippen molar-refractivity contribution in [3.63, 3.8) is 0 Å². The molecule has 2 heterocycles. The monoisotopic (exact) mass is 270 g/mol. The predicted molar refractivity (Wildman–Crippen MR) is 80.3 cm³/mol. The van der Waals surface area contributed by atoms with Crippen LogP contribution in [0.1, 0.15) is 12.8 Å². The van der Waals surface area contributed by atoms with Crippen LogP contribution in [0.15, 0.2) is 30.5 Å². The topological polar surface area (TPSA) is 86.2 Å². The van der Waals surface area contributed by atoms with Crippen LogP contribution < -0.4 is 10.6 Å². The average Bonchev–Trinajstić information content (AvgIpc) is 2.46. The number of nitrogens with one attached hydrogen (secondary N) is 1. The third-order valence-electron chi connectivity index (χ3n) is 3.96. The number of pyridine rings is 1. The smallest absolute Gasteiger partial charge is 0.136 e. The number of piperidine rings is 1. The standard InChI is InChI=1S/C15H18N4O/c16-14(17)11-4-7-19(8-5-11)15-13-9-12(20)2-1-10(13)3-6-18-15/h1-3,6,9,11,20H,4-5,7-8H2,(H3,16,17). The van der Waals surface area contributed by atoms with E-state index in [1.807, 2.05) is 12.1 Å². The summed E-state index contributed by atoms with van der Waals surface area (Å²) in [6.45, 7) is 1.68. The number of fused-ring (bicyclic) bond motifs is 1. The Balaban J connectivity index is 1.91. The SMILES string of the molecule is N=C(N)C1CCN(c2nccc3ccc(O)cc23)CC1. The summed E-state index contributed by atoms with van der Waals surface area (Å²) in [6.07, 6.45) is 3.56. The van der Waals surface area contributed by atoms with Gasteiger partial charge >= 0.3 is 0 Å². The number of aromatic hydroxyl groups is 1. The fourth-order valence-corrected chi connectivity index (χ4v) is 2.80. The molecule has 0 aliphatic carbocycles. The number of anilines is 1. The fraction of sp³-hybridized carbons (Fsp3) is 0.333. The molecule has 0 spiro atoms. The van der Waals surface area contributed by atoms with Gasteiger partial charge in [0.25, 0.3) is 0 Å². The molecule has 5 nitrogen and oxygen atoms in total. The zero-order chi connectivity index (χ0) is 14.1. The first-order valence-electron chi connectivity index (χ1n) is 6.82. The van der Waals surface area contributed by atoms with Crippen LogP contribution in [0.25, 0.3) is 10.8 Å². The Bertz CT molecular complexity index is 647. The molecule has 1 aromatic heterocycles. The van der Waals surface area contributed by atoms with Crippen molar-refractivity contribution in [2.24, 2.45) is 11.7 Å². The van der Waals surface area contributed by atoms with Gasteiger partial charge in [-0.3, -0.25) is 5.41 Å². The largest absolute Gasteiger partial charge is 0.508 e. The van der Waals surface area contributed by atoms with Crippen LogP contribution in [-0.4, -0.2) is 29.0 Å². The molecule has 2 aromatic rings. The van der Waals surface area contributed by atoms with Gasteiger partial charge in [-0.25, -0.2) is 4.98 Å². The first-order chi connectivity index (χ1) is 9.65. The number of amidine groups is 1. The highest BCUT2D eigenvalue weighted by Gasteiger charge is 2.23. The van der Waals surface area contributed by atoms with E-state index in [1.54, 1.807) is 18.3 Å². The summed E-state index contributed by atoms with van der Waals surface area (Å²) in [5, 5.41) is 19.2. The number of benzene rings is 1. The molecule has 0 amide bonds. The van der Waals surface area contributed by atoms with Gasteiger partial charge in [-0.1, -0.05) is 6.07 Å². The van der Waals surface area contributed by atoms with Crippen LogP contribution >= 0.6 is 0 Å². The van der Waals surface area contributed by atoms with E-state index in [4.69, 9.17) is 11.1 Å². The molecule has 0 unspecified atom stereocenters. The third kappa shape index (κ3) is 2.27. The van der Waals surface area contributed by atoms with E-state index < -0.39 is 0 Å². The normalized spacial score (nSPS) is 16.5. The number of rotatable bonds is 2. The Morgan fingerprint density at radius 2 is 2.05 bits per heavy atom. The summed E-state index contributed by atoms with van der Waals surface area (Å²) in [4.78, 5) is 6.68. The summed E-state index contributed by atoms with van der Waals surface area (Å²) in [5.74, 6) is 1.63.